The maximum absolute atomic E-state index is 12.1. The smallest absolute Gasteiger partial charge is 0.185 e. The minimum absolute atomic E-state index is 0.124. The molecule has 4 heteroatoms. The number of aryl methyl sites for hydroxylation is 1. The van der Waals surface area contributed by atoms with Gasteiger partial charge in [-0.15, -0.1) is 0 Å². The van der Waals surface area contributed by atoms with Crippen molar-refractivity contribution in [1.29, 1.82) is 0 Å². The minimum atomic E-state index is -0.124. The van der Waals surface area contributed by atoms with E-state index in [9.17, 15) is 4.79 Å². The predicted molar refractivity (Wildman–Crippen MR) is 86.0 cm³/mol. The monoisotopic (exact) mass is 324 g/mol. The maximum Gasteiger partial charge on any atom is 0.185 e. The largest absolute Gasteiger partial charge is 0.289 e. The fraction of sp³-hybridized carbons (Fsp3) is 0.0625. The zero-order chi connectivity index (χ0) is 14.7. The topological polar surface area (TPSA) is 17.1 Å². The summed E-state index contributed by atoms with van der Waals surface area (Å²) in [6, 6.07) is 10.4. The fourth-order valence-corrected chi connectivity index (χ4v) is 2.36. The van der Waals surface area contributed by atoms with Crippen LogP contribution < -0.4 is 0 Å². The van der Waals surface area contributed by atoms with Gasteiger partial charge in [0.1, 0.15) is 0 Å². The second-order valence-electron chi connectivity index (χ2n) is 4.30. The quantitative estimate of drug-likeness (QED) is 0.511. The molecule has 0 unspecified atom stereocenters. The summed E-state index contributed by atoms with van der Waals surface area (Å²) in [5.41, 5.74) is 2.07. The molecule has 0 aliphatic rings. The normalized spacial score (nSPS) is 11.0. The molecule has 0 heterocycles. The van der Waals surface area contributed by atoms with Crippen LogP contribution in [0.25, 0.3) is 6.08 Å². The lowest BCUT2D eigenvalue weighted by molar-refractivity contribution is 0.104. The number of ketones is 1. The summed E-state index contributed by atoms with van der Waals surface area (Å²) in [5.74, 6) is -0.124. The van der Waals surface area contributed by atoms with E-state index in [0.717, 1.165) is 5.56 Å². The lowest BCUT2D eigenvalue weighted by Crippen LogP contribution is -1.95. The van der Waals surface area contributed by atoms with Crippen molar-refractivity contribution in [2.45, 2.75) is 6.92 Å². The third-order valence-electron chi connectivity index (χ3n) is 2.84. The molecule has 0 N–H and O–H groups in total. The van der Waals surface area contributed by atoms with E-state index in [4.69, 9.17) is 34.8 Å². The van der Waals surface area contributed by atoms with E-state index in [1.54, 1.807) is 42.5 Å². The highest BCUT2D eigenvalue weighted by molar-refractivity contribution is 6.37. The van der Waals surface area contributed by atoms with E-state index in [-0.39, 0.29) is 5.78 Å². The highest BCUT2D eigenvalue weighted by Crippen LogP contribution is 2.25. The Labute approximate surface area is 132 Å². The highest BCUT2D eigenvalue weighted by Gasteiger charge is 2.06. The van der Waals surface area contributed by atoms with Crippen LogP contribution in [0.2, 0.25) is 15.1 Å². The van der Waals surface area contributed by atoms with Crippen LogP contribution in [0.3, 0.4) is 0 Å². The molecule has 0 aromatic heterocycles. The Bertz CT molecular complexity index is 670. The lowest BCUT2D eigenvalue weighted by Gasteiger charge is -2.02. The molecule has 102 valence electrons. The van der Waals surface area contributed by atoms with Gasteiger partial charge in [0.05, 0.1) is 0 Å². The van der Waals surface area contributed by atoms with Gasteiger partial charge in [0.2, 0.25) is 0 Å². The van der Waals surface area contributed by atoms with Crippen molar-refractivity contribution in [2.75, 3.05) is 0 Å². The summed E-state index contributed by atoms with van der Waals surface area (Å²) in [4.78, 5) is 12.1. The molecule has 2 rings (SSSR count). The molecular weight excluding hydrogens is 315 g/mol. The van der Waals surface area contributed by atoms with Crippen LogP contribution in [0, 0.1) is 6.92 Å². The summed E-state index contributed by atoms with van der Waals surface area (Å²) in [5, 5.41) is 1.65. The first kappa shape index (κ1) is 15.1. The van der Waals surface area contributed by atoms with Crippen LogP contribution in [0.4, 0.5) is 0 Å². The average Bonchev–Trinajstić information content (AvgIpc) is 2.41. The van der Waals surface area contributed by atoms with Crippen molar-refractivity contribution in [3.8, 4) is 0 Å². The van der Waals surface area contributed by atoms with Crippen LogP contribution >= 0.6 is 34.8 Å². The van der Waals surface area contributed by atoms with E-state index in [2.05, 4.69) is 0 Å². The molecular formula is C16H11Cl3O. The summed E-state index contributed by atoms with van der Waals surface area (Å²) in [7, 11) is 0. The third kappa shape index (κ3) is 3.43. The van der Waals surface area contributed by atoms with Gasteiger partial charge in [0, 0.05) is 26.2 Å². The first-order chi connectivity index (χ1) is 9.49. The molecule has 20 heavy (non-hydrogen) atoms. The van der Waals surface area contributed by atoms with Gasteiger partial charge in [-0.2, -0.15) is 0 Å². The highest BCUT2D eigenvalue weighted by atomic mass is 35.5. The van der Waals surface area contributed by atoms with Gasteiger partial charge in [0.25, 0.3) is 0 Å². The molecule has 0 saturated heterocycles. The Morgan fingerprint density at radius 1 is 1.00 bits per heavy atom. The van der Waals surface area contributed by atoms with Crippen LogP contribution in [-0.4, -0.2) is 5.78 Å². The second kappa shape index (κ2) is 6.45. The van der Waals surface area contributed by atoms with Crippen LogP contribution in [-0.2, 0) is 0 Å². The Kier molecular flexibility index (Phi) is 4.87. The fourth-order valence-electron chi connectivity index (χ4n) is 1.72. The molecule has 0 atom stereocenters. The Morgan fingerprint density at radius 2 is 1.65 bits per heavy atom. The lowest BCUT2D eigenvalue weighted by atomic mass is 10.1. The van der Waals surface area contributed by atoms with E-state index >= 15 is 0 Å². The van der Waals surface area contributed by atoms with Gasteiger partial charge in [-0.3, -0.25) is 4.79 Å². The van der Waals surface area contributed by atoms with E-state index in [0.29, 0.717) is 26.2 Å². The molecule has 0 fully saturated rings. The number of hydrogen-bond acceptors (Lipinski definition) is 1. The van der Waals surface area contributed by atoms with Crippen molar-refractivity contribution in [1.82, 2.24) is 0 Å². The molecule has 0 amide bonds. The first-order valence-corrected chi connectivity index (χ1v) is 7.05. The zero-order valence-electron chi connectivity index (χ0n) is 10.7. The average molecular weight is 326 g/mol. The van der Waals surface area contributed by atoms with Crippen molar-refractivity contribution in [3.05, 3.63) is 74.2 Å². The van der Waals surface area contributed by atoms with Crippen LogP contribution in [0.5, 0.6) is 0 Å². The number of rotatable bonds is 3. The molecule has 0 radical (unpaired) electrons. The number of halogens is 3. The van der Waals surface area contributed by atoms with Gasteiger partial charge < -0.3 is 0 Å². The maximum atomic E-state index is 12.1. The number of carbonyl (C=O) groups is 1. The number of benzene rings is 2. The van der Waals surface area contributed by atoms with Crippen molar-refractivity contribution >= 4 is 46.7 Å². The van der Waals surface area contributed by atoms with E-state index in [1.165, 1.54) is 6.08 Å². The van der Waals surface area contributed by atoms with Crippen molar-refractivity contribution < 1.29 is 4.79 Å². The van der Waals surface area contributed by atoms with Crippen molar-refractivity contribution in [2.24, 2.45) is 0 Å². The van der Waals surface area contributed by atoms with Crippen LogP contribution in [0.1, 0.15) is 21.5 Å². The van der Waals surface area contributed by atoms with Gasteiger partial charge in [-0.05, 0) is 55.0 Å². The minimum Gasteiger partial charge on any atom is -0.289 e. The Hall–Kier alpha value is -1.28. The third-order valence-corrected chi connectivity index (χ3v) is 3.93. The van der Waals surface area contributed by atoms with E-state index < -0.39 is 0 Å². The molecule has 1 nitrogen and oxygen atoms in total. The molecule has 0 bridgehead atoms. The van der Waals surface area contributed by atoms with E-state index in [1.807, 2.05) is 6.92 Å². The van der Waals surface area contributed by atoms with Gasteiger partial charge in [-0.25, -0.2) is 0 Å². The Balaban J connectivity index is 2.27. The summed E-state index contributed by atoms with van der Waals surface area (Å²) >= 11 is 18.0. The predicted octanol–water partition coefficient (Wildman–Crippen LogP) is 5.85. The molecule has 0 aliphatic heterocycles. The summed E-state index contributed by atoms with van der Waals surface area (Å²) < 4.78 is 0. The second-order valence-corrected chi connectivity index (χ2v) is 5.52. The number of carbonyl (C=O) groups excluding carboxylic acids is 1. The molecule has 0 aliphatic carbocycles. The molecule has 2 aromatic rings. The number of hydrogen-bond donors (Lipinski definition) is 0. The van der Waals surface area contributed by atoms with Gasteiger partial charge in [0.15, 0.2) is 5.78 Å². The SMILES string of the molecule is Cc1cc(C(=O)/C=C\c2c(Cl)cccc2Cl)ccc1Cl. The summed E-state index contributed by atoms with van der Waals surface area (Å²) in [6.45, 7) is 1.85. The molecule has 2 aromatic carbocycles. The molecule has 0 saturated carbocycles. The standard InChI is InChI=1S/C16H11Cl3O/c1-10-9-11(5-7-13(10)17)16(20)8-6-12-14(18)3-2-4-15(12)19/h2-9H,1H3/b8-6-. The van der Waals surface area contributed by atoms with Gasteiger partial charge >= 0.3 is 0 Å². The molecule has 0 spiro atoms. The number of allylic oxidation sites excluding steroid dienone is 1. The Morgan fingerprint density at radius 3 is 2.25 bits per heavy atom. The summed E-state index contributed by atoms with van der Waals surface area (Å²) in [6.07, 6.45) is 3.08. The van der Waals surface area contributed by atoms with Gasteiger partial charge in [-0.1, -0.05) is 40.9 Å². The first-order valence-electron chi connectivity index (χ1n) is 5.91. The van der Waals surface area contributed by atoms with Crippen molar-refractivity contribution in [3.63, 3.8) is 0 Å². The zero-order valence-corrected chi connectivity index (χ0v) is 12.9. The van der Waals surface area contributed by atoms with Crippen LogP contribution in [0.15, 0.2) is 42.5 Å².